The van der Waals surface area contributed by atoms with Crippen LogP contribution in [0, 0.1) is 5.92 Å². The highest BCUT2D eigenvalue weighted by Gasteiger charge is 2.23. The van der Waals surface area contributed by atoms with Gasteiger partial charge in [-0.3, -0.25) is 0 Å². The Bertz CT molecular complexity index is 233. The van der Waals surface area contributed by atoms with E-state index in [1.807, 2.05) is 13.8 Å². The molecule has 0 rings (SSSR count). The standard InChI is InChI=1S/C10H18ClNO4/c1-4-15-9(13)8(5-7(2)3)12-10(14)16-6-11/h7-8H,4-6H2,1-3H3,(H,12,14)/t8-/m0/s1. The highest BCUT2D eigenvalue weighted by atomic mass is 35.5. The number of halogens is 1. The monoisotopic (exact) mass is 251 g/mol. The molecule has 0 aromatic heterocycles. The van der Waals surface area contributed by atoms with E-state index < -0.39 is 18.1 Å². The Balaban J connectivity index is 4.30. The quantitative estimate of drug-likeness (QED) is 0.578. The number of carbonyl (C=O) groups excluding carboxylic acids is 2. The predicted molar refractivity (Wildman–Crippen MR) is 60.2 cm³/mol. The zero-order valence-electron chi connectivity index (χ0n) is 9.79. The number of nitrogens with one attached hydrogen (secondary N) is 1. The third-order valence-corrected chi connectivity index (χ3v) is 1.87. The molecule has 0 aliphatic rings. The SMILES string of the molecule is CCOC(=O)[C@H](CC(C)C)NC(=O)OCCl. The molecule has 1 amide bonds. The fraction of sp³-hybridized carbons (Fsp3) is 0.800. The van der Waals surface area contributed by atoms with Gasteiger partial charge in [0.15, 0.2) is 6.07 Å². The molecule has 0 aliphatic carbocycles. The Kier molecular flexibility index (Phi) is 7.72. The van der Waals surface area contributed by atoms with Gasteiger partial charge < -0.3 is 14.8 Å². The number of esters is 1. The molecule has 5 nitrogen and oxygen atoms in total. The average Bonchev–Trinajstić information content (AvgIpc) is 2.16. The number of carbonyl (C=O) groups is 2. The van der Waals surface area contributed by atoms with Gasteiger partial charge >= 0.3 is 12.1 Å². The Morgan fingerprint density at radius 3 is 2.38 bits per heavy atom. The third kappa shape index (κ3) is 6.50. The second-order valence-electron chi connectivity index (χ2n) is 3.62. The van der Waals surface area contributed by atoms with E-state index in [2.05, 4.69) is 10.1 Å². The van der Waals surface area contributed by atoms with Crippen LogP contribution in [0.3, 0.4) is 0 Å². The lowest BCUT2D eigenvalue weighted by molar-refractivity contribution is -0.145. The van der Waals surface area contributed by atoms with E-state index in [0.29, 0.717) is 6.42 Å². The topological polar surface area (TPSA) is 64.6 Å². The normalized spacial score (nSPS) is 12.1. The zero-order chi connectivity index (χ0) is 12.6. The molecule has 0 heterocycles. The van der Waals surface area contributed by atoms with Crippen LogP contribution >= 0.6 is 11.6 Å². The number of alkyl halides is 1. The molecule has 0 unspecified atom stereocenters. The summed E-state index contributed by atoms with van der Waals surface area (Å²) in [7, 11) is 0. The number of hydrogen-bond donors (Lipinski definition) is 1. The fourth-order valence-corrected chi connectivity index (χ4v) is 1.26. The van der Waals surface area contributed by atoms with E-state index in [9.17, 15) is 9.59 Å². The Morgan fingerprint density at radius 1 is 1.31 bits per heavy atom. The van der Waals surface area contributed by atoms with E-state index in [0.717, 1.165) is 0 Å². The summed E-state index contributed by atoms with van der Waals surface area (Å²) < 4.78 is 9.33. The summed E-state index contributed by atoms with van der Waals surface area (Å²) in [6.45, 7) is 5.88. The zero-order valence-corrected chi connectivity index (χ0v) is 10.5. The summed E-state index contributed by atoms with van der Waals surface area (Å²) in [6.07, 6.45) is -0.218. The molecule has 0 aliphatic heterocycles. The number of alkyl carbamates (subject to hydrolysis) is 1. The van der Waals surface area contributed by atoms with Crippen LogP contribution in [0.1, 0.15) is 27.2 Å². The van der Waals surface area contributed by atoms with Crippen molar-refractivity contribution in [1.29, 1.82) is 0 Å². The van der Waals surface area contributed by atoms with Crippen molar-refractivity contribution in [2.24, 2.45) is 5.92 Å². The second-order valence-corrected chi connectivity index (χ2v) is 3.84. The Morgan fingerprint density at radius 2 is 1.94 bits per heavy atom. The van der Waals surface area contributed by atoms with Crippen molar-refractivity contribution < 1.29 is 19.1 Å². The lowest BCUT2D eigenvalue weighted by Gasteiger charge is -2.18. The van der Waals surface area contributed by atoms with Crippen molar-refractivity contribution in [3.63, 3.8) is 0 Å². The summed E-state index contributed by atoms with van der Waals surface area (Å²) >= 11 is 5.23. The van der Waals surface area contributed by atoms with Gasteiger partial charge in [0, 0.05) is 0 Å². The van der Waals surface area contributed by atoms with Gasteiger partial charge in [-0.05, 0) is 19.3 Å². The van der Waals surface area contributed by atoms with Crippen molar-refractivity contribution in [3.05, 3.63) is 0 Å². The van der Waals surface area contributed by atoms with Crippen molar-refractivity contribution in [1.82, 2.24) is 5.32 Å². The molecule has 1 N–H and O–H groups in total. The molecule has 0 spiro atoms. The van der Waals surface area contributed by atoms with Gasteiger partial charge in [0.1, 0.15) is 6.04 Å². The van der Waals surface area contributed by atoms with E-state index in [1.54, 1.807) is 6.92 Å². The Labute approximate surface area is 100 Å². The highest BCUT2D eigenvalue weighted by molar-refractivity contribution is 6.17. The van der Waals surface area contributed by atoms with E-state index >= 15 is 0 Å². The van der Waals surface area contributed by atoms with Gasteiger partial charge in [0.05, 0.1) is 6.61 Å². The van der Waals surface area contributed by atoms with Crippen molar-refractivity contribution >= 4 is 23.7 Å². The highest BCUT2D eigenvalue weighted by Crippen LogP contribution is 2.06. The maximum atomic E-state index is 11.5. The third-order valence-electron chi connectivity index (χ3n) is 1.76. The first kappa shape index (κ1) is 15.0. The van der Waals surface area contributed by atoms with E-state index in [1.165, 1.54) is 0 Å². The average molecular weight is 252 g/mol. The smallest absolute Gasteiger partial charge is 0.409 e. The molecular formula is C10H18ClNO4. The molecule has 0 aromatic rings. The molecule has 0 bridgehead atoms. The summed E-state index contributed by atoms with van der Waals surface area (Å²) in [6, 6.07) is -0.932. The van der Waals surface area contributed by atoms with Crippen LogP contribution < -0.4 is 5.32 Å². The molecule has 16 heavy (non-hydrogen) atoms. The number of ether oxygens (including phenoxy) is 2. The van der Waals surface area contributed by atoms with Gasteiger partial charge in [-0.25, -0.2) is 9.59 Å². The number of hydrogen-bond acceptors (Lipinski definition) is 4. The molecule has 0 aromatic carbocycles. The van der Waals surface area contributed by atoms with Crippen LogP contribution in [0.25, 0.3) is 0 Å². The minimum Gasteiger partial charge on any atom is -0.464 e. The van der Waals surface area contributed by atoms with Crippen LogP contribution in [0.15, 0.2) is 0 Å². The van der Waals surface area contributed by atoms with Crippen molar-refractivity contribution in [2.45, 2.75) is 33.2 Å². The maximum absolute atomic E-state index is 11.5. The first-order valence-corrected chi connectivity index (χ1v) is 5.70. The van der Waals surface area contributed by atoms with Crippen molar-refractivity contribution in [2.75, 3.05) is 12.7 Å². The molecular weight excluding hydrogens is 234 g/mol. The number of amides is 1. The molecule has 94 valence electrons. The van der Waals surface area contributed by atoms with Gasteiger partial charge in [0.2, 0.25) is 0 Å². The van der Waals surface area contributed by atoms with Gasteiger partial charge in [-0.15, -0.1) is 0 Å². The fourth-order valence-electron chi connectivity index (χ4n) is 1.16. The summed E-state index contributed by atoms with van der Waals surface area (Å²) in [4.78, 5) is 22.6. The second kappa shape index (κ2) is 8.21. The minimum atomic E-state index is -0.714. The molecule has 0 radical (unpaired) electrons. The van der Waals surface area contributed by atoms with Crippen LogP contribution in [-0.2, 0) is 14.3 Å². The van der Waals surface area contributed by atoms with Crippen LogP contribution in [0.4, 0.5) is 4.79 Å². The number of rotatable bonds is 6. The van der Waals surface area contributed by atoms with Gasteiger partial charge in [-0.2, -0.15) is 0 Å². The van der Waals surface area contributed by atoms with E-state index in [-0.39, 0.29) is 18.6 Å². The lowest BCUT2D eigenvalue weighted by Crippen LogP contribution is -2.42. The maximum Gasteiger partial charge on any atom is 0.409 e. The van der Waals surface area contributed by atoms with Crippen molar-refractivity contribution in [3.8, 4) is 0 Å². The first-order chi connectivity index (χ1) is 7.51. The van der Waals surface area contributed by atoms with Crippen LogP contribution in [0.5, 0.6) is 0 Å². The van der Waals surface area contributed by atoms with Gasteiger partial charge in [0.25, 0.3) is 0 Å². The molecule has 6 heteroatoms. The molecule has 0 saturated carbocycles. The molecule has 0 saturated heterocycles. The van der Waals surface area contributed by atoms with Crippen LogP contribution in [0.2, 0.25) is 0 Å². The minimum absolute atomic E-state index is 0.247. The van der Waals surface area contributed by atoms with E-state index in [4.69, 9.17) is 16.3 Å². The molecule has 1 atom stereocenters. The lowest BCUT2D eigenvalue weighted by atomic mass is 10.0. The van der Waals surface area contributed by atoms with Crippen LogP contribution in [-0.4, -0.2) is 30.8 Å². The summed E-state index contributed by atoms with van der Waals surface area (Å²) in [5.41, 5.74) is 0. The predicted octanol–water partition coefficient (Wildman–Crippen LogP) is 1.89. The summed E-state index contributed by atoms with van der Waals surface area (Å²) in [5, 5.41) is 2.41. The first-order valence-electron chi connectivity index (χ1n) is 5.17. The molecule has 0 fully saturated rings. The Hall–Kier alpha value is -0.970. The largest absolute Gasteiger partial charge is 0.464 e. The summed E-state index contributed by atoms with van der Waals surface area (Å²) in [5.74, 6) is -0.201. The van der Waals surface area contributed by atoms with Gasteiger partial charge in [-0.1, -0.05) is 25.4 Å².